The van der Waals surface area contributed by atoms with Crippen molar-refractivity contribution in [1.82, 2.24) is 0 Å². The smallest absolute Gasteiger partial charge is 0.396 e. The molecule has 0 aromatic carbocycles. The average molecular weight is 337 g/mol. The standard InChI is InChI=1S/C16H38NO4Si/c1-6-17(7-2,13-11-15-18)14-12-16-22(19-8-3,20-9-4)21-10-5/h18H,6-16H2,1-5H3/q+1. The first kappa shape index (κ1) is 22.0. The van der Waals surface area contributed by atoms with Crippen LogP contribution in [0, 0.1) is 0 Å². The van der Waals surface area contributed by atoms with Crippen LogP contribution in [0.25, 0.3) is 0 Å². The number of quaternary nitrogens is 1. The Morgan fingerprint density at radius 1 is 0.773 bits per heavy atom. The first-order chi connectivity index (χ1) is 10.6. The maximum absolute atomic E-state index is 9.12. The molecule has 0 saturated carbocycles. The summed E-state index contributed by atoms with van der Waals surface area (Å²) in [5.74, 6) is 0. The fraction of sp³-hybridized carbons (Fsp3) is 1.00. The van der Waals surface area contributed by atoms with Gasteiger partial charge in [-0.2, -0.15) is 0 Å². The summed E-state index contributed by atoms with van der Waals surface area (Å²) < 4.78 is 18.8. The fourth-order valence-electron chi connectivity index (χ4n) is 3.01. The molecule has 6 heteroatoms. The summed E-state index contributed by atoms with van der Waals surface area (Å²) in [6.07, 6.45) is 1.91. The molecule has 0 amide bonds. The zero-order valence-corrected chi connectivity index (χ0v) is 16.4. The van der Waals surface area contributed by atoms with Gasteiger partial charge in [0.2, 0.25) is 0 Å². The molecule has 0 heterocycles. The molecule has 0 atom stereocenters. The van der Waals surface area contributed by atoms with Crippen LogP contribution in [0.4, 0.5) is 0 Å². The van der Waals surface area contributed by atoms with E-state index < -0.39 is 8.80 Å². The monoisotopic (exact) mass is 336 g/mol. The number of hydrogen-bond acceptors (Lipinski definition) is 4. The van der Waals surface area contributed by atoms with Gasteiger partial charge in [-0.15, -0.1) is 0 Å². The predicted octanol–water partition coefficient (Wildman–Crippen LogP) is 2.66. The Morgan fingerprint density at radius 2 is 1.23 bits per heavy atom. The molecule has 0 radical (unpaired) electrons. The summed E-state index contributed by atoms with van der Waals surface area (Å²) in [4.78, 5) is 0. The number of rotatable bonds is 15. The second-order valence-electron chi connectivity index (χ2n) is 5.58. The maximum atomic E-state index is 9.12. The largest absolute Gasteiger partial charge is 0.501 e. The number of hydrogen-bond donors (Lipinski definition) is 1. The Hall–Kier alpha value is 0.0169. The van der Waals surface area contributed by atoms with Crippen molar-refractivity contribution < 1.29 is 22.9 Å². The van der Waals surface area contributed by atoms with E-state index in [0.717, 1.165) is 49.5 Å². The third kappa shape index (κ3) is 7.52. The van der Waals surface area contributed by atoms with Gasteiger partial charge in [0.1, 0.15) is 0 Å². The third-order valence-electron chi connectivity index (χ3n) is 4.34. The Morgan fingerprint density at radius 3 is 1.59 bits per heavy atom. The Bertz CT molecular complexity index is 246. The zero-order chi connectivity index (χ0) is 16.9. The van der Waals surface area contributed by atoms with Gasteiger partial charge in [-0.3, -0.25) is 0 Å². The van der Waals surface area contributed by atoms with E-state index in [2.05, 4.69) is 13.8 Å². The van der Waals surface area contributed by atoms with E-state index in [0.29, 0.717) is 19.8 Å². The van der Waals surface area contributed by atoms with Gasteiger partial charge in [-0.1, -0.05) is 0 Å². The van der Waals surface area contributed by atoms with E-state index >= 15 is 0 Å². The minimum Gasteiger partial charge on any atom is -0.396 e. The van der Waals surface area contributed by atoms with Crippen LogP contribution in [0.3, 0.4) is 0 Å². The van der Waals surface area contributed by atoms with Gasteiger partial charge in [0.15, 0.2) is 0 Å². The van der Waals surface area contributed by atoms with Gasteiger partial charge in [-0.25, -0.2) is 0 Å². The molecule has 0 aromatic heterocycles. The van der Waals surface area contributed by atoms with E-state index in [1.807, 2.05) is 20.8 Å². The molecule has 1 N–H and O–H groups in total. The number of nitrogens with zero attached hydrogens (tertiary/aromatic N) is 1. The first-order valence-electron chi connectivity index (χ1n) is 8.95. The topological polar surface area (TPSA) is 47.9 Å². The minimum absolute atomic E-state index is 0.273. The molecule has 0 spiro atoms. The van der Waals surface area contributed by atoms with Crippen molar-refractivity contribution in [2.75, 3.05) is 52.6 Å². The summed E-state index contributed by atoms with van der Waals surface area (Å²) in [7, 11) is -2.51. The van der Waals surface area contributed by atoms with Crippen molar-refractivity contribution in [2.45, 2.75) is 53.5 Å². The first-order valence-corrected chi connectivity index (χ1v) is 10.9. The molecule has 0 rings (SSSR count). The van der Waals surface area contributed by atoms with Gasteiger partial charge in [0.05, 0.1) is 26.2 Å². The van der Waals surface area contributed by atoms with Crippen molar-refractivity contribution in [1.29, 1.82) is 0 Å². The van der Waals surface area contributed by atoms with Gasteiger partial charge in [-0.05, 0) is 34.6 Å². The van der Waals surface area contributed by atoms with Crippen LogP contribution < -0.4 is 0 Å². The predicted molar refractivity (Wildman–Crippen MR) is 92.8 cm³/mol. The summed E-state index contributed by atoms with van der Waals surface area (Å²) in [5.41, 5.74) is 0. The average Bonchev–Trinajstić information content (AvgIpc) is 2.52. The van der Waals surface area contributed by atoms with Crippen LogP contribution in [0.2, 0.25) is 6.04 Å². The highest BCUT2D eigenvalue weighted by Gasteiger charge is 2.40. The van der Waals surface area contributed by atoms with Crippen molar-refractivity contribution >= 4 is 8.80 Å². The highest BCUT2D eigenvalue weighted by atomic mass is 28.4. The maximum Gasteiger partial charge on any atom is 0.501 e. The number of aliphatic hydroxyl groups is 1. The molecule has 0 saturated heterocycles. The quantitative estimate of drug-likeness (QED) is 0.369. The second kappa shape index (κ2) is 12.4. The Kier molecular flexibility index (Phi) is 12.5. The van der Waals surface area contributed by atoms with E-state index in [1.165, 1.54) is 0 Å². The second-order valence-corrected chi connectivity index (χ2v) is 8.32. The molecule has 134 valence electrons. The molecule has 0 bridgehead atoms. The molecule has 0 aliphatic carbocycles. The number of aliphatic hydroxyl groups excluding tert-OH is 1. The van der Waals surface area contributed by atoms with Crippen molar-refractivity contribution in [3.05, 3.63) is 0 Å². The summed E-state index contributed by atoms with van der Waals surface area (Å²) in [6, 6.07) is 0.877. The van der Waals surface area contributed by atoms with E-state index in [1.54, 1.807) is 0 Å². The highest BCUT2D eigenvalue weighted by Crippen LogP contribution is 2.20. The molecular formula is C16H38NO4Si+. The molecule has 22 heavy (non-hydrogen) atoms. The SMILES string of the molecule is CCO[Si](CCC[N+](CC)(CC)CCCO)(OCC)OCC. The lowest BCUT2D eigenvalue weighted by Crippen LogP contribution is -2.51. The fourth-order valence-corrected chi connectivity index (χ4v) is 5.60. The lowest BCUT2D eigenvalue weighted by molar-refractivity contribution is -0.925. The summed E-state index contributed by atoms with van der Waals surface area (Å²) in [6.45, 7) is 17.0. The van der Waals surface area contributed by atoms with E-state index in [9.17, 15) is 0 Å². The summed E-state index contributed by atoms with van der Waals surface area (Å²) in [5, 5.41) is 9.12. The zero-order valence-electron chi connectivity index (χ0n) is 15.4. The lowest BCUT2D eigenvalue weighted by Gasteiger charge is -2.38. The Balaban J connectivity index is 4.66. The molecule has 0 fully saturated rings. The van der Waals surface area contributed by atoms with Gasteiger partial charge in [0.25, 0.3) is 0 Å². The van der Waals surface area contributed by atoms with Crippen LogP contribution in [0.5, 0.6) is 0 Å². The van der Waals surface area contributed by atoms with Gasteiger partial charge < -0.3 is 22.9 Å². The van der Waals surface area contributed by atoms with E-state index in [4.69, 9.17) is 18.4 Å². The lowest BCUT2D eigenvalue weighted by atomic mass is 10.2. The van der Waals surface area contributed by atoms with Crippen LogP contribution in [-0.2, 0) is 13.3 Å². The van der Waals surface area contributed by atoms with Gasteiger partial charge in [0, 0.05) is 45.3 Å². The van der Waals surface area contributed by atoms with Crippen LogP contribution >= 0.6 is 0 Å². The highest BCUT2D eigenvalue weighted by molar-refractivity contribution is 6.60. The molecule has 0 aliphatic heterocycles. The van der Waals surface area contributed by atoms with Crippen LogP contribution in [0.15, 0.2) is 0 Å². The van der Waals surface area contributed by atoms with E-state index in [-0.39, 0.29) is 6.61 Å². The van der Waals surface area contributed by atoms with Crippen molar-refractivity contribution in [2.24, 2.45) is 0 Å². The molecule has 0 unspecified atom stereocenters. The Labute approximate surface area is 138 Å². The molecule has 0 aliphatic rings. The van der Waals surface area contributed by atoms with Crippen molar-refractivity contribution in [3.63, 3.8) is 0 Å². The normalized spacial score (nSPS) is 12.8. The minimum atomic E-state index is -2.51. The third-order valence-corrected chi connectivity index (χ3v) is 7.49. The summed E-state index contributed by atoms with van der Waals surface area (Å²) >= 11 is 0. The molecular weight excluding hydrogens is 298 g/mol. The molecule has 0 aromatic rings. The molecule has 5 nitrogen and oxygen atoms in total. The van der Waals surface area contributed by atoms with Gasteiger partial charge >= 0.3 is 8.80 Å². The van der Waals surface area contributed by atoms with Crippen LogP contribution in [0.1, 0.15) is 47.5 Å². The van der Waals surface area contributed by atoms with Crippen molar-refractivity contribution in [3.8, 4) is 0 Å². The van der Waals surface area contributed by atoms with Crippen LogP contribution in [-0.4, -0.2) is 71.0 Å².